The van der Waals surface area contributed by atoms with Crippen LogP contribution in [0.15, 0.2) is 53.2 Å². The number of aryl methyl sites for hydroxylation is 3. The molecule has 0 saturated heterocycles. The number of phenols is 1. The summed E-state index contributed by atoms with van der Waals surface area (Å²) < 4.78 is 5.90. The summed E-state index contributed by atoms with van der Waals surface area (Å²) in [6, 6.07) is 11.0. The lowest BCUT2D eigenvalue weighted by Gasteiger charge is -2.25. The second-order valence-corrected chi connectivity index (χ2v) is 7.07. The molecule has 6 heteroatoms. The number of hydrogen-bond donors (Lipinski definition) is 1. The van der Waals surface area contributed by atoms with Crippen LogP contribution in [0, 0.1) is 0 Å². The van der Waals surface area contributed by atoms with Gasteiger partial charge in [0.2, 0.25) is 5.91 Å². The summed E-state index contributed by atoms with van der Waals surface area (Å²) in [7, 11) is 0. The Hall–Kier alpha value is -3.15. The van der Waals surface area contributed by atoms with E-state index in [0.717, 1.165) is 41.3 Å². The summed E-state index contributed by atoms with van der Waals surface area (Å²) in [6.45, 7) is 1.18. The Morgan fingerprint density at radius 3 is 2.75 bits per heavy atom. The predicted molar refractivity (Wildman–Crippen MR) is 104 cm³/mol. The number of pyridine rings is 1. The molecule has 3 aromatic rings. The number of oxazole rings is 1. The van der Waals surface area contributed by atoms with Gasteiger partial charge in [-0.3, -0.25) is 9.78 Å². The van der Waals surface area contributed by atoms with Gasteiger partial charge in [-0.2, -0.15) is 0 Å². The van der Waals surface area contributed by atoms with Gasteiger partial charge in [0, 0.05) is 38.2 Å². The number of benzene rings is 1. The molecule has 4 rings (SSSR count). The van der Waals surface area contributed by atoms with E-state index in [1.54, 1.807) is 18.3 Å². The van der Waals surface area contributed by atoms with Crippen LogP contribution in [-0.2, 0) is 37.0 Å². The fraction of sp³-hybridized carbons (Fsp3) is 0.318. The highest BCUT2D eigenvalue weighted by molar-refractivity contribution is 5.76. The Kier molecular flexibility index (Phi) is 5.37. The van der Waals surface area contributed by atoms with Gasteiger partial charge in [0.1, 0.15) is 17.2 Å². The third-order valence-corrected chi connectivity index (χ3v) is 5.04. The maximum absolute atomic E-state index is 12.6. The Balaban J connectivity index is 1.32. The fourth-order valence-electron chi connectivity index (χ4n) is 3.44. The number of carbonyl (C=O) groups is 1. The second-order valence-electron chi connectivity index (χ2n) is 7.07. The van der Waals surface area contributed by atoms with Crippen LogP contribution < -0.4 is 0 Å². The van der Waals surface area contributed by atoms with Crippen molar-refractivity contribution in [1.29, 1.82) is 0 Å². The summed E-state index contributed by atoms with van der Waals surface area (Å²) in [5, 5.41) is 9.34. The number of hydrogen-bond acceptors (Lipinski definition) is 5. The van der Waals surface area contributed by atoms with Gasteiger partial charge >= 0.3 is 0 Å². The quantitative estimate of drug-likeness (QED) is 0.714. The van der Waals surface area contributed by atoms with Crippen molar-refractivity contribution in [3.05, 3.63) is 77.3 Å². The summed E-state index contributed by atoms with van der Waals surface area (Å²) in [4.78, 5) is 23.2. The van der Waals surface area contributed by atoms with E-state index in [-0.39, 0.29) is 11.7 Å². The van der Waals surface area contributed by atoms with Crippen LogP contribution in [0.4, 0.5) is 0 Å². The molecule has 2 aromatic heterocycles. The van der Waals surface area contributed by atoms with E-state index in [9.17, 15) is 9.90 Å². The molecule has 1 N–H and O–H groups in total. The zero-order valence-electron chi connectivity index (χ0n) is 15.7. The maximum atomic E-state index is 12.6. The molecule has 1 aliphatic heterocycles. The van der Waals surface area contributed by atoms with Crippen molar-refractivity contribution in [3.8, 4) is 5.75 Å². The van der Waals surface area contributed by atoms with Crippen LogP contribution in [0.5, 0.6) is 5.75 Å². The maximum Gasteiger partial charge on any atom is 0.223 e. The van der Waals surface area contributed by atoms with Crippen molar-refractivity contribution in [2.45, 2.75) is 38.6 Å². The first-order valence-corrected chi connectivity index (χ1v) is 9.59. The highest BCUT2D eigenvalue weighted by Gasteiger charge is 2.25. The Bertz CT molecular complexity index is 935. The Morgan fingerprint density at radius 1 is 1.11 bits per heavy atom. The van der Waals surface area contributed by atoms with E-state index < -0.39 is 0 Å². The lowest BCUT2D eigenvalue weighted by Crippen LogP contribution is -2.35. The third-order valence-electron chi connectivity index (χ3n) is 5.04. The zero-order chi connectivity index (χ0) is 19.3. The standard InChI is InChI=1S/C22H23N3O3/c26-18-7-3-16(4-8-18)6-10-22(27)25-13-11-20-19(15-25)24-21(28-20)9-5-17-2-1-12-23-14-17/h1-4,7-8,12,14,26H,5-6,9-11,13,15H2. The van der Waals surface area contributed by atoms with Crippen LogP contribution in [0.25, 0.3) is 0 Å². The lowest BCUT2D eigenvalue weighted by molar-refractivity contribution is -0.132. The van der Waals surface area contributed by atoms with Gasteiger partial charge in [-0.1, -0.05) is 18.2 Å². The van der Waals surface area contributed by atoms with Crippen molar-refractivity contribution in [1.82, 2.24) is 14.9 Å². The van der Waals surface area contributed by atoms with Crippen molar-refractivity contribution in [2.75, 3.05) is 6.54 Å². The minimum atomic E-state index is 0.124. The van der Waals surface area contributed by atoms with Gasteiger partial charge in [0.15, 0.2) is 5.89 Å². The average molecular weight is 377 g/mol. The molecule has 0 radical (unpaired) electrons. The number of phenolic OH excluding ortho intramolecular Hbond substituents is 1. The molecule has 0 bridgehead atoms. The molecule has 1 aliphatic rings. The summed E-state index contributed by atoms with van der Waals surface area (Å²) in [5.74, 6) is 2.00. The lowest BCUT2D eigenvalue weighted by atomic mass is 10.1. The molecule has 0 atom stereocenters. The molecule has 0 unspecified atom stereocenters. The molecule has 0 fully saturated rings. The Morgan fingerprint density at radius 2 is 1.96 bits per heavy atom. The molecule has 1 amide bonds. The van der Waals surface area contributed by atoms with Crippen molar-refractivity contribution < 1.29 is 14.3 Å². The van der Waals surface area contributed by atoms with Gasteiger partial charge in [0.25, 0.3) is 0 Å². The second kappa shape index (κ2) is 8.25. The van der Waals surface area contributed by atoms with E-state index in [1.807, 2.05) is 35.4 Å². The van der Waals surface area contributed by atoms with E-state index >= 15 is 0 Å². The number of carbonyl (C=O) groups excluding carboxylic acids is 1. The monoisotopic (exact) mass is 377 g/mol. The van der Waals surface area contributed by atoms with E-state index in [2.05, 4.69) is 9.97 Å². The summed E-state index contributed by atoms with van der Waals surface area (Å²) >= 11 is 0. The average Bonchev–Trinajstić information content (AvgIpc) is 3.14. The molecule has 6 nitrogen and oxygen atoms in total. The fourth-order valence-corrected chi connectivity index (χ4v) is 3.44. The molecule has 1 aromatic carbocycles. The van der Waals surface area contributed by atoms with Crippen LogP contribution in [-0.4, -0.2) is 32.4 Å². The normalized spacial score (nSPS) is 13.4. The largest absolute Gasteiger partial charge is 0.508 e. The summed E-state index contributed by atoms with van der Waals surface area (Å²) in [5.41, 5.74) is 3.08. The Labute approximate surface area is 163 Å². The van der Waals surface area contributed by atoms with Crippen molar-refractivity contribution in [2.24, 2.45) is 0 Å². The zero-order valence-corrected chi connectivity index (χ0v) is 15.7. The van der Waals surface area contributed by atoms with E-state index in [4.69, 9.17) is 4.42 Å². The number of amides is 1. The van der Waals surface area contributed by atoms with Crippen molar-refractivity contribution >= 4 is 5.91 Å². The SMILES string of the molecule is O=C(CCc1ccc(O)cc1)N1CCc2oc(CCc3cccnc3)nc2C1. The number of aromatic nitrogens is 2. The smallest absolute Gasteiger partial charge is 0.223 e. The first-order valence-electron chi connectivity index (χ1n) is 9.59. The van der Waals surface area contributed by atoms with Gasteiger partial charge in [-0.25, -0.2) is 4.98 Å². The molecule has 3 heterocycles. The number of fused-ring (bicyclic) bond motifs is 1. The van der Waals surface area contributed by atoms with Gasteiger partial charge in [-0.15, -0.1) is 0 Å². The molecule has 144 valence electrons. The predicted octanol–water partition coefficient (Wildman–Crippen LogP) is 3.08. The third kappa shape index (κ3) is 4.39. The molecule has 0 aliphatic carbocycles. The van der Waals surface area contributed by atoms with Crippen LogP contribution in [0.1, 0.15) is 34.9 Å². The highest BCUT2D eigenvalue weighted by Crippen LogP contribution is 2.22. The van der Waals surface area contributed by atoms with Gasteiger partial charge in [0.05, 0.1) is 6.54 Å². The minimum absolute atomic E-state index is 0.124. The minimum Gasteiger partial charge on any atom is -0.508 e. The first-order chi connectivity index (χ1) is 13.7. The molecular weight excluding hydrogens is 354 g/mol. The first kappa shape index (κ1) is 18.2. The molecule has 28 heavy (non-hydrogen) atoms. The van der Waals surface area contributed by atoms with Gasteiger partial charge < -0.3 is 14.4 Å². The van der Waals surface area contributed by atoms with E-state index in [0.29, 0.717) is 32.4 Å². The molecule has 0 spiro atoms. The number of aromatic hydroxyl groups is 1. The van der Waals surface area contributed by atoms with E-state index in [1.165, 1.54) is 0 Å². The van der Waals surface area contributed by atoms with Crippen LogP contribution >= 0.6 is 0 Å². The van der Waals surface area contributed by atoms with Crippen molar-refractivity contribution in [3.63, 3.8) is 0 Å². The van der Waals surface area contributed by atoms with Gasteiger partial charge in [-0.05, 0) is 42.2 Å². The van der Waals surface area contributed by atoms with Crippen LogP contribution in [0.3, 0.4) is 0 Å². The topological polar surface area (TPSA) is 79.5 Å². The number of rotatable bonds is 6. The molecular formula is C22H23N3O3. The highest BCUT2D eigenvalue weighted by atomic mass is 16.4. The number of nitrogens with zero attached hydrogens (tertiary/aromatic N) is 3. The molecule has 0 saturated carbocycles. The van der Waals surface area contributed by atoms with Crippen LogP contribution in [0.2, 0.25) is 0 Å². The summed E-state index contributed by atoms with van der Waals surface area (Å²) in [6.07, 6.45) is 7.01.